The third-order valence-electron chi connectivity index (χ3n) is 2.84. The first kappa shape index (κ1) is 14.9. The van der Waals surface area contributed by atoms with Crippen LogP contribution in [0.4, 0.5) is 5.69 Å². The molecule has 0 aliphatic heterocycles. The smallest absolute Gasteiger partial charge is 0.372 e. The molecule has 0 bridgehead atoms. The molecule has 2 rings (SSSR count). The van der Waals surface area contributed by atoms with E-state index < -0.39 is 11.8 Å². The molecule has 21 heavy (non-hydrogen) atoms. The number of hydrogen-bond donors (Lipinski definition) is 2. The van der Waals surface area contributed by atoms with Crippen molar-refractivity contribution >= 4 is 34.7 Å². The lowest BCUT2D eigenvalue weighted by Crippen LogP contribution is -2.13. The van der Waals surface area contributed by atoms with Gasteiger partial charge in [0.25, 0.3) is 5.91 Å². The lowest BCUT2D eigenvalue weighted by Gasteiger charge is -2.05. The Balaban J connectivity index is 1.91. The van der Waals surface area contributed by atoms with Crippen molar-refractivity contribution in [3.63, 3.8) is 0 Å². The van der Waals surface area contributed by atoms with E-state index in [1.807, 2.05) is 11.4 Å². The van der Waals surface area contributed by atoms with Crippen LogP contribution in [0.3, 0.4) is 0 Å². The molecular formula is C15H13NO4S. The standard InChI is InChI=1S/C15H13NO4S/c17-12(15(19)20)8-5-10-3-6-11(7-4-10)16-14(18)13-2-1-9-21-13/h1-4,6-7,9H,5,8H2,(H,16,18)(H,19,20). The number of benzene rings is 1. The Bertz CT molecular complexity index is 647. The maximum Gasteiger partial charge on any atom is 0.372 e. The highest BCUT2D eigenvalue weighted by molar-refractivity contribution is 7.12. The number of aryl methyl sites for hydroxylation is 1. The molecule has 0 fully saturated rings. The predicted molar refractivity (Wildman–Crippen MR) is 79.7 cm³/mol. The van der Waals surface area contributed by atoms with Crippen LogP contribution in [0.5, 0.6) is 0 Å². The van der Waals surface area contributed by atoms with Gasteiger partial charge in [0.15, 0.2) is 0 Å². The summed E-state index contributed by atoms with van der Waals surface area (Å²) < 4.78 is 0. The van der Waals surface area contributed by atoms with E-state index in [-0.39, 0.29) is 12.3 Å². The normalized spacial score (nSPS) is 10.1. The summed E-state index contributed by atoms with van der Waals surface area (Å²) in [6.07, 6.45) is 0.334. The van der Waals surface area contributed by atoms with Gasteiger partial charge < -0.3 is 10.4 Å². The summed E-state index contributed by atoms with van der Waals surface area (Å²) in [6, 6.07) is 10.5. The summed E-state index contributed by atoms with van der Waals surface area (Å²) in [7, 11) is 0. The lowest BCUT2D eigenvalue weighted by molar-refractivity contribution is -0.149. The highest BCUT2D eigenvalue weighted by Crippen LogP contribution is 2.15. The number of aliphatic carboxylic acids is 1. The minimum Gasteiger partial charge on any atom is -0.476 e. The fraction of sp³-hybridized carbons (Fsp3) is 0.133. The van der Waals surface area contributed by atoms with Gasteiger partial charge in [-0.25, -0.2) is 4.79 Å². The van der Waals surface area contributed by atoms with E-state index in [0.29, 0.717) is 17.0 Å². The van der Waals surface area contributed by atoms with Crippen LogP contribution in [0.25, 0.3) is 0 Å². The molecule has 0 aliphatic rings. The molecule has 1 aromatic heterocycles. The van der Waals surface area contributed by atoms with Crippen LogP contribution >= 0.6 is 11.3 Å². The molecule has 0 saturated heterocycles. The number of carbonyl (C=O) groups is 3. The largest absolute Gasteiger partial charge is 0.476 e. The van der Waals surface area contributed by atoms with Crippen LogP contribution in [0.1, 0.15) is 21.7 Å². The summed E-state index contributed by atoms with van der Waals surface area (Å²) in [5, 5.41) is 13.1. The van der Waals surface area contributed by atoms with Gasteiger partial charge in [-0.2, -0.15) is 0 Å². The first-order valence-electron chi connectivity index (χ1n) is 6.26. The quantitative estimate of drug-likeness (QED) is 0.803. The fourth-order valence-electron chi connectivity index (χ4n) is 1.72. The monoisotopic (exact) mass is 303 g/mol. The summed E-state index contributed by atoms with van der Waals surface area (Å²) in [5.74, 6) is -2.38. The first-order chi connectivity index (χ1) is 10.1. The van der Waals surface area contributed by atoms with Crippen molar-refractivity contribution in [3.05, 3.63) is 52.2 Å². The zero-order valence-electron chi connectivity index (χ0n) is 11.0. The minimum absolute atomic E-state index is 0.0315. The maximum absolute atomic E-state index is 11.8. The summed E-state index contributed by atoms with van der Waals surface area (Å²) >= 11 is 1.36. The van der Waals surface area contributed by atoms with Crippen LogP contribution in [0.2, 0.25) is 0 Å². The summed E-state index contributed by atoms with van der Waals surface area (Å²) in [4.78, 5) is 33.9. The molecule has 0 unspecified atom stereocenters. The summed E-state index contributed by atoms with van der Waals surface area (Å²) in [6.45, 7) is 0. The van der Waals surface area contributed by atoms with Crippen LogP contribution in [0.15, 0.2) is 41.8 Å². The average molecular weight is 303 g/mol. The van der Waals surface area contributed by atoms with Crippen LogP contribution < -0.4 is 5.32 Å². The number of hydrogen-bond acceptors (Lipinski definition) is 4. The highest BCUT2D eigenvalue weighted by Gasteiger charge is 2.11. The fourth-order valence-corrected chi connectivity index (χ4v) is 2.34. The summed E-state index contributed by atoms with van der Waals surface area (Å²) in [5.41, 5.74) is 1.50. The Kier molecular flexibility index (Phi) is 4.84. The van der Waals surface area contributed by atoms with Crippen molar-refractivity contribution in [2.45, 2.75) is 12.8 Å². The molecule has 5 nitrogen and oxygen atoms in total. The Hall–Kier alpha value is -2.47. The number of ketones is 1. The second-order valence-corrected chi connectivity index (χ2v) is 5.30. The van der Waals surface area contributed by atoms with Gasteiger partial charge in [0.1, 0.15) is 0 Å². The van der Waals surface area contributed by atoms with Gasteiger partial charge in [-0.3, -0.25) is 9.59 Å². The molecule has 2 N–H and O–H groups in total. The van der Waals surface area contributed by atoms with Gasteiger partial charge in [0, 0.05) is 12.1 Å². The van der Waals surface area contributed by atoms with E-state index >= 15 is 0 Å². The van der Waals surface area contributed by atoms with Crippen molar-refractivity contribution in [1.29, 1.82) is 0 Å². The van der Waals surface area contributed by atoms with Crippen LogP contribution in [0, 0.1) is 0 Å². The molecule has 2 aromatic rings. The second kappa shape index (κ2) is 6.81. The van der Waals surface area contributed by atoms with E-state index in [1.165, 1.54) is 11.3 Å². The number of carboxylic acids is 1. The lowest BCUT2D eigenvalue weighted by atomic mass is 10.1. The Morgan fingerprint density at radius 2 is 1.81 bits per heavy atom. The van der Waals surface area contributed by atoms with Gasteiger partial charge in [-0.15, -0.1) is 11.3 Å². The Morgan fingerprint density at radius 1 is 1.10 bits per heavy atom. The molecule has 108 valence electrons. The van der Waals surface area contributed by atoms with Crippen LogP contribution in [-0.2, 0) is 16.0 Å². The van der Waals surface area contributed by atoms with Gasteiger partial charge in [-0.05, 0) is 35.6 Å². The van der Waals surface area contributed by atoms with E-state index in [4.69, 9.17) is 5.11 Å². The molecular weight excluding hydrogens is 290 g/mol. The third-order valence-corrected chi connectivity index (χ3v) is 3.70. The van der Waals surface area contributed by atoms with Gasteiger partial charge in [0.2, 0.25) is 5.78 Å². The maximum atomic E-state index is 11.8. The third kappa shape index (κ3) is 4.25. The first-order valence-corrected chi connectivity index (χ1v) is 7.14. The van der Waals surface area contributed by atoms with Gasteiger partial charge >= 0.3 is 5.97 Å². The number of rotatable bonds is 6. The van der Waals surface area contributed by atoms with Crippen molar-refractivity contribution in [1.82, 2.24) is 0 Å². The number of carboxylic acid groups (broad SMARTS) is 1. The van der Waals surface area contributed by atoms with E-state index in [2.05, 4.69) is 5.32 Å². The van der Waals surface area contributed by atoms with Crippen LogP contribution in [-0.4, -0.2) is 22.8 Å². The van der Waals surface area contributed by atoms with Crippen molar-refractivity contribution in [3.8, 4) is 0 Å². The molecule has 0 saturated carbocycles. The molecule has 0 radical (unpaired) electrons. The highest BCUT2D eigenvalue weighted by atomic mass is 32.1. The number of thiophene rings is 1. The van der Waals surface area contributed by atoms with Crippen molar-refractivity contribution < 1.29 is 19.5 Å². The molecule has 0 atom stereocenters. The number of amides is 1. The average Bonchev–Trinajstić information content (AvgIpc) is 3.00. The number of nitrogens with one attached hydrogen (secondary N) is 1. The van der Waals surface area contributed by atoms with E-state index in [1.54, 1.807) is 30.3 Å². The van der Waals surface area contributed by atoms with Crippen molar-refractivity contribution in [2.24, 2.45) is 0 Å². The molecule has 0 spiro atoms. The van der Waals surface area contributed by atoms with Gasteiger partial charge in [-0.1, -0.05) is 18.2 Å². The number of Topliss-reactive ketones (excluding diaryl/α,β-unsaturated/α-hetero) is 1. The second-order valence-electron chi connectivity index (χ2n) is 4.36. The SMILES string of the molecule is O=C(O)C(=O)CCc1ccc(NC(=O)c2cccs2)cc1. The van der Waals surface area contributed by atoms with E-state index in [0.717, 1.165) is 5.56 Å². The zero-order chi connectivity index (χ0) is 15.2. The molecule has 1 heterocycles. The Morgan fingerprint density at radius 3 is 2.38 bits per heavy atom. The molecule has 1 amide bonds. The van der Waals surface area contributed by atoms with Gasteiger partial charge in [0.05, 0.1) is 4.88 Å². The van der Waals surface area contributed by atoms with Crippen molar-refractivity contribution in [2.75, 3.05) is 5.32 Å². The van der Waals surface area contributed by atoms with E-state index in [9.17, 15) is 14.4 Å². The Labute approximate surface area is 125 Å². The zero-order valence-corrected chi connectivity index (χ0v) is 11.9. The number of anilines is 1. The molecule has 6 heteroatoms. The minimum atomic E-state index is -1.41. The number of carbonyl (C=O) groups excluding carboxylic acids is 2. The molecule has 0 aliphatic carbocycles. The topological polar surface area (TPSA) is 83.5 Å². The molecule has 1 aromatic carbocycles. The predicted octanol–water partition coefficient (Wildman–Crippen LogP) is 2.59.